The Morgan fingerprint density at radius 3 is 2.00 bits per heavy atom. The largest absolute Gasteiger partial charge is 0.353 e. The monoisotopic (exact) mass is 380 g/mol. The summed E-state index contributed by atoms with van der Waals surface area (Å²) in [4.78, 5) is 28.7. The Kier molecular flexibility index (Phi) is 7.58. The highest BCUT2D eigenvalue weighted by Crippen LogP contribution is 2.08. The summed E-state index contributed by atoms with van der Waals surface area (Å²) in [5.41, 5.74) is 1.95. The van der Waals surface area contributed by atoms with Crippen LogP contribution in [-0.2, 0) is 11.3 Å². The zero-order valence-corrected chi connectivity index (χ0v) is 16.1. The maximum absolute atomic E-state index is 12.1. The predicted molar refractivity (Wildman–Crippen MR) is 110 cm³/mol. The zero-order valence-electron chi connectivity index (χ0n) is 16.1. The van der Waals surface area contributed by atoms with Gasteiger partial charge < -0.3 is 10.6 Å². The van der Waals surface area contributed by atoms with Crippen LogP contribution in [0.3, 0.4) is 0 Å². The van der Waals surface area contributed by atoms with Crippen LogP contribution < -0.4 is 10.6 Å². The van der Waals surface area contributed by atoms with Gasteiger partial charge in [-0.05, 0) is 17.7 Å². The first-order chi connectivity index (χ1) is 13.7. The molecule has 0 saturated carbocycles. The van der Waals surface area contributed by atoms with E-state index in [0.717, 1.165) is 32.7 Å². The van der Waals surface area contributed by atoms with E-state index in [1.807, 2.05) is 24.3 Å². The molecule has 0 spiro atoms. The van der Waals surface area contributed by atoms with E-state index >= 15 is 0 Å². The fourth-order valence-corrected chi connectivity index (χ4v) is 3.28. The minimum atomic E-state index is -0.121. The van der Waals surface area contributed by atoms with Crippen molar-refractivity contribution in [3.05, 3.63) is 71.8 Å². The molecule has 148 valence electrons. The van der Waals surface area contributed by atoms with E-state index in [4.69, 9.17) is 0 Å². The molecular formula is C22H28N4O2. The van der Waals surface area contributed by atoms with Crippen molar-refractivity contribution in [3.63, 3.8) is 0 Å². The minimum absolute atomic E-state index is 0.00506. The van der Waals surface area contributed by atoms with Crippen LogP contribution >= 0.6 is 0 Å². The summed E-state index contributed by atoms with van der Waals surface area (Å²) in [7, 11) is 0. The third-order valence-electron chi connectivity index (χ3n) is 4.85. The van der Waals surface area contributed by atoms with Gasteiger partial charge in [-0.25, -0.2) is 0 Å². The fourth-order valence-electron chi connectivity index (χ4n) is 3.28. The standard InChI is InChI=1S/C22H28N4O2/c27-21(23-11-12-24-22(28)20-9-5-2-6-10-20)18-26-15-13-25(14-16-26)17-19-7-3-1-4-8-19/h1-10H,11-18H2,(H,23,27)(H,24,28). The van der Waals surface area contributed by atoms with Gasteiger partial charge in [0.15, 0.2) is 0 Å². The minimum Gasteiger partial charge on any atom is -0.353 e. The molecule has 1 aliphatic rings. The highest BCUT2D eigenvalue weighted by Gasteiger charge is 2.18. The van der Waals surface area contributed by atoms with E-state index in [1.54, 1.807) is 12.1 Å². The molecule has 2 N–H and O–H groups in total. The van der Waals surface area contributed by atoms with Crippen LogP contribution in [-0.4, -0.2) is 67.4 Å². The summed E-state index contributed by atoms with van der Waals surface area (Å²) in [6.45, 7) is 5.95. The summed E-state index contributed by atoms with van der Waals surface area (Å²) in [6.07, 6.45) is 0. The molecular weight excluding hydrogens is 352 g/mol. The van der Waals surface area contributed by atoms with Gasteiger partial charge >= 0.3 is 0 Å². The number of amides is 2. The smallest absolute Gasteiger partial charge is 0.251 e. The average Bonchev–Trinajstić information content (AvgIpc) is 2.74. The van der Waals surface area contributed by atoms with Crippen molar-refractivity contribution in [1.82, 2.24) is 20.4 Å². The molecule has 0 atom stereocenters. The topological polar surface area (TPSA) is 64.7 Å². The second-order valence-corrected chi connectivity index (χ2v) is 7.01. The van der Waals surface area contributed by atoms with Crippen molar-refractivity contribution in [2.24, 2.45) is 0 Å². The van der Waals surface area contributed by atoms with Gasteiger partial charge in [-0.1, -0.05) is 48.5 Å². The van der Waals surface area contributed by atoms with E-state index in [-0.39, 0.29) is 11.8 Å². The molecule has 1 aliphatic heterocycles. The molecule has 2 amide bonds. The Labute approximate surface area is 166 Å². The highest BCUT2D eigenvalue weighted by atomic mass is 16.2. The van der Waals surface area contributed by atoms with Crippen LogP contribution in [0.4, 0.5) is 0 Å². The number of rotatable bonds is 8. The van der Waals surface area contributed by atoms with Crippen LogP contribution in [0.1, 0.15) is 15.9 Å². The van der Waals surface area contributed by atoms with Crippen molar-refractivity contribution in [2.75, 3.05) is 45.8 Å². The van der Waals surface area contributed by atoms with Crippen LogP contribution in [0.5, 0.6) is 0 Å². The maximum Gasteiger partial charge on any atom is 0.251 e. The summed E-state index contributed by atoms with van der Waals surface area (Å²) >= 11 is 0. The number of piperazine rings is 1. The second-order valence-electron chi connectivity index (χ2n) is 7.01. The number of nitrogens with zero attached hydrogens (tertiary/aromatic N) is 2. The first kappa shape index (κ1) is 20.0. The SMILES string of the molecule is O=C(CN1CCN(Cc2ccccc2)CC1)NCCNC(=O)c1ccccc1. The lowest BCUT2D eigenvalue weighted by atomic mass is 10.2. The highest BCUT2D eigenvalue weighted by molar-refractivity contribution is 5.94. The van der Waals surface area contributed by atoms with Gasteiger partial charge in [-0.2, -0.15) is 0 Å². The van der Waals surface area contributed by atoms with Crippen LogP contribution in [0, 0.1) is 0 Å². The Morgan fingerprint density at radius 1 is 0.750 bits per heavy atom. The lowest BCUT2D eigenvalue weighted by molar-refractivity contribution is -0.122. The van der Waals surface area contributed by atoms with Gasteiger partial charge in [0.25, 0.3) is 5.91 Å². The quantitative estimate of drug-likeness (QED) is 0.679. The van der Waals surface area contributed by atoms with Gasteiger partial charge in [0, 0.05) is 51.4 Å². The van der Waals surface area contributed by atoms with Crippen molar-refractivity contribution in [1.29, 1.82) is 0 Å². The van der Waals surface area contributed by atoms with Gasteiger partial charge in [-0.3, -0.25) is 19.4 Å². The molecule has 6 nitrogen and oxygen atoms in total. The summed E-state index contributed by atoms with van der Waals surface area (Å²) < 4.78 is 0. The number of carbonyl (C=O) groups excluding carboxylic acids is 2. The molecule has 0 unspecified atom stereocenters. The van der Waals surface area contributed by atoms with Crippen molar-refractivity contribution in [3.8, 4) is 0 Å². The molecule has 2 aromatic carbocycles. The van der Waals surface area contributed by atoms with Crippen LogP contribution in [0.2, 0.25) is 0 Å². The number of benzene rings is 2. The second kappa shape index (κ2) is 10.6. The Balaban J connectivity index is 1.28. The van der Waals surface area contributed by atoms with E-state index < -0.39 is 0 Å². The van der Waals surface area contributed by atoms with Crippen molar-refractivity contribution in [2.45, 2.75) is 6.54 Å². The van der Waals surface area contributed by atoms with Crippen LogP contribution in [0.25, 0.3) is 0 Å². The first-order valence-corrected chi connectivity index (χ1v) is 9.79. The molecule has 1 saturated heterocycles. The predicted octanol–water partition coefficient (Wildman–Crippen LogP) is 1.35. The molecule has 0 aliphatic carbocycles. The van der Waals surface area contributed by atoms with E-state index in [9.17, 15) is 9.59 Å². The van der Waals surface area contributed by atoms with Crippen LogP contribution in [0.15, 0.2) is 60.7 Å². The zero-order chi connectivity index (χ0) is 19.6. The van der Waals surface area contributed by atoms with Crippen molar-refractivity contribution < 1.29 is 9.59 Å². The summed E-state index contributed by atoms with van der Waals surface area (Å²) in [5.74, 6) is -0.116. The molecule has 1 fully saturated rings. The van der Waals surface area contributed by atoms with E-state index in [0.29, 0.717) is 25.2 Å². The van der Waals surface area contributed by atoms with Gasteiger partial charge in [0.05, 0.1) is 6.54 Å². The lowest BCUT2D eigenvalue weighted by Gasteiger charge is -2.34. The third-order valence-corrected chi connectivity index (χ3v) is 4.85. The normalized spacial score (nSPS) is 15.1. The number of hydrogen-bond acceptors (Lipinski definition) is 4. The lowest BCUT2D eigenvalue weighted by Crippen LogP contribution is -2.49. The van der Waals surface area contributed by atoms with E-state index in [2.05, 4.69) is 44.7 Å². The summed E-state index contributed by atoms with van der Waals surface area (Å²) in [5, 5.41) is 5.69. The number of nitrogens with one attached hydrogen (secondary N) is 2. The first-order valence-electron chi connectivity index (χ1n) is 9.79. The van der Waals surface area contributed by atoms with Gasteiger partial charge in [0.1, 0.15) is 0 Å². The molecule has 6 heteroatoms. The Morgan fingerprint density at radius 2 is 1.32 bits per heavy atom. The number of carbonyl (C=O) groups is 2. The molecule has 3 rings (SSSR count). The van der Waals surface area contributed by atoms with Gasteiger partial charge in [-0.15, -0.1) is 0 Å². The molecule has 0 bridgehead atoms. The molecule has 0 radical (unpaired) electrons. The number of hydrogen-bond donors (Lipinski definition) is 2. The molecule has 2 aromatic rings. The summed E-state index contributed by atoms with van der Waals surface area (Å²) in [6, 6.07) is 19.5. The maximum atomic E-state index is 12.1. The van der Waals surface area contributed by atoms with Crippen molar-refractivity contribution >= 4 is 11.8 Å². The molecule has 28 heavy (non-hydrogen) atoms. The Hall–Kier alpha value is -2.70. The van der Waals surface area contributed by atoms with Gasteiger partial charge in [0.2, 0.25) is 5.91 Å². The molecule has 0 aromatic heterocycles. The van der Waals surface area contributed by atoms with E-state index in [1.165, 1.54) is 5.56 Å². The average molecular weight is 380 g/mol. The fraction of sp³-hybridized carbons (Fsp3) is 0.364. The molecule has 1 heterocycles. The third kappa shape index (κ3) is 6.48. The Bertz CT molecular complexity index is 744.